The number of nitrogens with zero attached hydrogens (tertiary/aromatic N) is 1. The Morgan fingerprint density at radius 2 is 1.74 bits per heavy atom. The SMILES string of the molecule is O=C(NC[C@@H]1CCCO1)[C@H](Cc1ccccc1)N1C(=O)[C@@H]2[C@H]3C=C[C@@H]([C@@H]4C[C@H]34)[C@@H]2C1=O. The molecule has 6 nitrogen and oxygen atoms in total. The molecule has 4 fully saturated rings. The Morgan fingerprint density at radius 1 is 1.06 bits per heavy atom. The Kier molecular flexibility index (Phi) is 4.53. The number of carbonyl (C=O) groups is 3. The summed E-state index contributed by atoms with van der Waals surface area (Å²) < 4.78 is 5.63. The van der Waals surface area contributed by atoms with Crippen molar-refractivity contribution in [3.05, 3.63) is 48.0 Å². The lowest BCUT2D eigenvalue weighted by molar-refractivity contribution is -0.148. The van der Waals surface area contributed by atoms with Crippen LogP contribution in [-0.2, 0) is 25.5 Å². The molecule has 162 valence electrons. The lowest BCUT2D eigenvalue weighted by atomic mass is 9.63. The number of nitrogens with one attached hydrogen (secondary N) is 1. The Labute approximate surface area is 182 Å². The van der Waals surface area contributed by atoms with Crippen LogP contribution in [0.5, 0.6) is 0 Å². The summed E-state index contributed by atoms with van der Waals surface area (Å²) in [6.45, 7) is 1.14. The maximum absolute atomic E-state index is 13.6. The van der Waals surface area contributed by atoms with Crippen molar-refractivity contribution < 1.29 is 19.1 Å². The molecule has 31 heavy (non-hydrogen) atoms. The molecule has 2 bridgehead atoms. The van der Waals surface area contributed by atoms with Crippen molar-refractivity contribution in [2.24, 2.45) is 35.5 Å². The van der Waals surface area contributed by atoms with Gasteiger partial charge >= 0.3 is 0 Å². The van der Waals surface area contributed by atoms with Gasteiger partial charge in [-0.25, -0.2) is 0 Å². The van der Waals surface area contributed by atoms with Crippen LogP contribution in [0.2, 0.25) is 0 Å². The number of likely N-dealkylation sites (tertiary alicyclic amines) is 1. The monoisotopic (exact) mass is 420 g/mol. The predicted octanol–water partition coefficient (Wildman–Crippen LogP) is 1.95. The van der Waals surface area contributed by atoms with E-state index in [-0.39, 0.29) is 47.5 Å². The fourth-order valence-corrected chi connectivity index (χ4v) is 6.56. The van der Waals surface area contributed by atoms with Gasteiger partial charge in [-0.3, -0.25) is 19.3 Å². The van der Waals surface area contributed by atoms with E-state index in [0.717, 1.165) is 31.4 Å². The van der Waals surface area contributed by atoms with Gasteiger partial charge in [-0.2, -0.15) is 0 Å². The number of imide groups is 1. The standard InChI is InChI=1S/C25H28N2O4/c28-23(26-13-15-7-4-10-31-15)20(11-14-5-2-1-3-6-14)27-24(29)21-16-8-9-17(19-12-18(16)19)22(21)25(27)30/h1-3,5-6,8-9,15-22H,4,7,10-13H2,(H,26,28)/t15-,16-,17-,18-,19+,20-,21-,22+/m0/s1. The van der Waals surface area contributed by atoms with Crippen molar-refractivity contribution in [2.45, 2.75) is 37.8 Å². The van der Waals surface area contributed by atoms with Gasteiger partial charge in [0.05, 0.1) is 17.9 Å². The fraction of sp³-hybridized carbons (Fsp3) is 0.560. The largest absolute Gasteiger partial charge is 0.376 e. The number of hydrogen-bond donors (Lipinski definition) is 1. The molecule has 3 amide bonds. The Balaban J connectivity index is 1.27. The maximum atomic E-state index is 13.6. The van der Waals surface area contributed by atoms with Crippen molar-refractivity contribution in [1.29, 1.82) is 0 Å². The van der Waals surface area contributed by atoms with Crippen molar-refractivity contribution in [3.8, 4) is 0 Å². The molecule has 0 radical (unpaired) electrons. The van der Waals surface area contributed by atoms with Crippen molar-refractivity contribution in [1.82, 2.24) is 10.2 Å². The van der Waals surface area contributed by atoms with Gasteiger partial charge in [-0.05, 0) is 48.5 Å². The van der Waals surface area contributed by atoms with E-state index >= 15 is 0 Å². The molecule has 4 aliphatic carbocycles. The van der Waals surface area contributed by atoms with Crippen LogP contribution in [0, 0.1) is 35.5 Å². The smallest absolute Gasteiger partial charge is 0.243 e. The molecular weight excluding hydrogens is 392 g/mol. The van der Waals surface area contributed by atoms with Crippen LogP contribution in [-0.4, -0.2) is 47.9 Å². The van der Waals surface area contributed by atoms with E-state index in [1.165, 1.54) is 4.90 Å². The molecule has 2 heterocycles. The summed E-state index contributed by atoms with van der Waals surface area (Å²) in [6, 6.07) is 8.83. The molecule has 0 unspecified atom stereocenters. The van der Waals surface area contributed by atoms with Gasteiger partial charge in [-0.1, -0.05) is 42.5 Å². The molecular formula is C25H28N2O4. The van der Waals surface area contributed by atoms with E-state index in [2.05, 4.69) is 17.5 Å². The summed E-state index contributed by atoms with van der Waals surface area (Å²) in [7, 11) is 0. The minimum Gasteiger partial charge on any atom is -0.376 e. The van der Waals surface area contributed by atoms with Gasteiger partial charge in [-0.15, -0.1) is 0 Å². The van der Waals surface area contributed by atoms with Gasteiger partial charge in [0.25, 0.3) is 0 Å². The van der Waals surface area contributed by atoms with E-state index in [4.69, 9.17) is 4.74 Å². The van der Waals surface area contributed by atoms with Crippen LogP contribution in [0.3, 0.4) is 0 Å². The molecule has 0 spiro atoms. The first kappa shape index (κ1) is 19.2. The topological polar surface area (TPSA) is 75.7 Å². The van der Waals surface area contributed by atoms with Crippen LogP contribution in [0.25, 0.3) is 0 Å². The van der Waals surface area contributed by atoms with E-state index in [1.807, 2.05) is 30.3 Å². The van der Waals surface area contributed by atoms with Crippen LogP contribution in [0.15, 0.2) is 42.5 Å². The van der Waals surface area contributed by atoms with E-state index in [0.29, 0.717) is 24.8 Å². The number of hydrogen-bond acceptors (Lipinski definition) is 4. The number of amides is 3. The lowest BCUT2D eigenvalue weighted by Crippen LogP contribution is -2.52. The van der Waals surface area contributed by atoms with Crippen molar-refractivity contribution in [3.63, 3.8) is 0 Å². The molecule has 1 aromatic carbocycles. The normalized spacial score (nSPS) is 38.2. The second kappa shape index (κ2) is 7.30. The Morgan fingerprint density at radius 3 is 2.35 bits per heavy atom. The van der Waals surface area contributed by atoms with Crippen LogP contribution >= 0.6 is 0 Å². The number of rotatable bonds is 6. The summed E-state index contributed by atoms with van der Waals surface area (Å²) in [6.07, 6.45) is 7.74. The van der Waals surface area contributed by atoms with Crippen LogP contribution < -0.4 is 5.32 Å². The highest BCUT2D eigenvalue weighted by Crippen LogP contribution is 2.65. The zero-order chi connectivity index (χ0) is 21.1. The summed E-state index contributed by atoms with van der Waals surface area (Å²) >= 11 is 0. The molecule has 0 aromatic heterocycles. The highest BCUT2D eigenvalue weighted by atomic mass is 16.5. The van der Waals surface area contributed by atoms with Gasteiger partial charge in [0, 0.05) is 19.6 Å². The summed E-state index contributed by atoms with van der Waals surface area (Å²) in [5.41, 5.74) is 0.944. The van der Waals surface area contributed by atoms with Crippen molar-refractivity contribution >= 4 is 17.7 Å². The first-order valence-corrected chi connectivity index (χ1v) is 11.6. The molecule has 7 rings (SSSR count). The zero-order valence-electron chi connectivity index (χ0n) is 17.5. The summed E-state index contributed by atoms with van der Waals surface area (Å²) in [4.78, 5) is 41.8. The van der Waals surface area contributed by atoms with Crippen LogP contribution in [0.1, 0.15) is 24.8 Å². The number of ether oxygens (including phenoxy) is 1. The quantitative estimate of drug-likeness (QED) is 0.564. The molecule has 2 saturated carbocycles. The predicted molar refractivity (Wildman–Crippen MR) is 112 cm³/mol. The summed E-state index contributed by atoms with van der Waals surface area (Å²) in [5, 5.41) is 2.97. The van der Waals surface area contributed by atoms with E-state index < -0.39 is 6.04 Å². The minimum absolute atomic E-state index is 0.0149. The Bertz CT molecular complexity index is 902. The molecule has 1 N–H and O–H groups in total. The van der Waals surface area contributed by atoms with Gasteiger partial charge < -0.3 is 10.1 Å². The molecule has 8 atom stereocenters. The van der Waals surface area contributed by atoms with Crippen molar-refractivity contribution in [2.75, 3.05) is 13.2 Å². The molecule has 6 aliphatic rings. The number of benzene rings is 1. The molecule has 6 heteroatoms. The van der Waals surface area contributed by atoms with Gasteiger partial charge in [0.1, 0.15) is 6.04 Å². The van der Waals surface area contributed by atoms with Gasteiger partial charge in [0.15, 0.2) is 0 Å². The highest BCUT2D eigenvalue weighted by Gasteiger charge is 2.67. The van der Waals surface area contributed by atoms with E-state index in [1.54, 1.807) is 0 Å². The third-order valence-electron chi connectivity index (χ3n) is 8.11. The fourth-order valence-electron chi connectivity index (χ4n) is 6.56. The number of carbonyl (C=O) groups excluding carboxylic acids is 3. The molecule has 1 aromatic rings. The zero-order valence-corrected chi connectivity index (χ0v) is 17.5. The van der Waals surface area contributed by atoms with Gasteiger partial charge in [0.2, 0.25) is 17.7 Å². The second-order valence-electron chi connectivity index (χ2n) is 9.79. The number of allylic oxidation sites excluding steroid dienone is 2. The summed E-state index contributed by atoms with van der Waals surface area (Å²) in [5.74, 6) is 0.308. The molecule has 2 aliphatic heterocycles. The maximum Gasteiger partial charge on any atom is 0.243 e. The average Bonchev–Trinajstić information content (AvgIpc) is 3.38. The Hall–Kier alpha value is -2.47. The first-order valence-electron chi connectivity index (χ1n) is 11.6. The minimum atomic E-state index is -0.815. The third-order valence-corrected chi connectivity index (χ3v) is 8.11. The highest BCUT2D eigenvalue weighted by molar-refractivity contribution is 6.09. The van der Waals surface area contributed by atoms with Crippen LogP contribution in [0.4, 0.5) is 0 Å². The average molecular weight is 421 g/mol. The third kappa shape index (κ3) is 3.06. The second-order valence-corrected chi connectivity index (χ2v) is 9.79. The first-order chi connectivity index (χ1) is 15.1. The molecule has 2 saturated heterocycles. The lowest BCUT2D eigenvalue weighted by Gasteiger charge is -2.37. The van der Waals surface area contributed by atoms with E-state index in [9.17, 15) is 14.4 Å².